The van der Waals surface area contributed by atoms with Crippen LogP contribution in [0.2, 0.25) is 0 Å². The first-order chi connectivity index (χ1) is 17.1. The molecule has 0 aliphatic carbocycles. The quantitative estimate of drug-likeness (QED) is 0.381. The molecule has 6 nitrogen and oxygen atoms in total. The van der Waals surface area contributed by atoms with Gasteiger partial charge in [-0.3, -0.25) is 14.1 Å². The Morgan fingerprint density at radius 3 is 2.63 bits per heavy atom. The van der Waals surface area contributed by atoms with E-state index in [1.165, 1.54) is 10.4 Å². The molecular weight excluding hydrogens is 454 g/mol. The van der Waals surface area contributed by atoms with Crippen LogP contribution in [0.25, 0.3) is 5.65 Å². The van der Waals surface area contributed by atoms with E-state index in [9.17, 15) is 4.79 Å². The summed E-state index contributed by atoms with van der Waals surface area (Å²) in [4.78, 5) is 24.0. The Morgan fingerprint density at radius 2 is 1.91 bits per heavy atom. The van der Waals surface area contributed by atoms with Gasteiger partial charge in [0.05, 0.1) is 17.8 Å². The van der Waals surface area contributed by atoms with E-state index < -0.39 is 0 Å². The highest BCUT2D eigenvalue weighted by Crippen LogP contribution is 2.25. The summed E-state index contributed by atoms with van der Waals surface area (Å²) in [5.41, 5.74) is 3.94. The van der Waals surface area contributed by atoms with E-state index >= 15 is 0 Å². The summed E-state index contributed by atoms with van der Waals surface area (Å²) in [6, 6.07) is 18.9. The van der Waals surface area contributed by atoms with E-state index in [1.54, 1.807) is 11.3 Å². The second-order valence-electron chi connectivity index (χ2n) is 9.33. The molecule has 1 aromatic carbocycles. The van der Waals surface area contributed by atoms with Gasteiger partial charge in [-0.25, -0.2) is 4.98 Å². The van der Waals surface area contributed by atoms with E-state index in [4.69, 9.17) is 4.98 Å². The second kappa shape index (κ2) is 10.6. The molecule has 4 heterocycles. The lowest BCUT2D eigenvalue weighted by Crippen LogP contribution is -2.44. The van der Waals surface area contributed by atoms with Crippen molar-refractivity contribution < 1.29 is 4.79 Å². The average molecular weight is 488 g/mol. The van der Waals surface area contributed by atoms with Crippen LogP contribution in [0, 0.1) is 0 Å². The Morgan fingerprint density at radius 1 is 1.11 bits per heavy atom. The fraction of sp³-hybridized carbons (Fsp3) is 0.357. The number of aryl methyl sites for hydroxylation is 1. The van der Waals surface area contributed by atoms with Crippen LogP contribution in [-0.2, 0) is 19.5 Å². The summed E-state index contributed by atoms with van der Waals surface area (Å²) in [6.45, 7) is 5.91. The van der Waals surface area contributed by atoms with Gasteiger partial charge in [0.25, 0.3) is 5.91 Å². The molecule has 1 aliphatic heterocycles. The third-order valence-corrected chi connectivity index (χ3v) is 7.63. The Bertz CT molecular complexity index is 1260. The fourth-order valence-electron chi connectivity index (χ4n) is 4.91. The predicted molar refractivity (Wildman–Crippen MR) is 143 cm³/mol. The van der Waals surface area contributed by atoms with Gasteiger partial charge >= 0.3 is 0 Å². The molecule has 1 N–H and O–H groups in total. The molecule has 5 rings (SSSR count). The maximum Gasteiger partial charge on any atom is 0.252 e. The smallest absolute Gasteiger partial charge is 0.252 e. The van der Waals surface area contributed by atoms with Gasteiger partial charge < -0.3 is 10.2 Å². The summed E-state index contributed by atoms with van der Waals surface area (Å²) >= 11 is 1.76. The molecule has 4 aromatic rings. The maximum atomic E-state index is 13.2. The first-order valence-corrected chi connectivity index (χ1v) is 13.3. The number of imidazole rings is 1. The van der Waals surface area contributed by atoms with Crippen molar-refractivity contribution in [2.75, 3.05) is 25.0 Å². The third-order valence-electron chi connectivity index (χ3n) is 6.77. The van der Waals surface area contributed by atoms with Crippen LogP contribution >= 0.6 is 11.3 Å². The number of benzene rings is 1. The number of piperidine rings is 1. The number of amides is 1. The lowest BCUT2D eigenvalue weighted by molar-refractivity contribution is 0.0908. The average Bonchev–Trinajstić information content (AvgIpc) is 3.52. The zero-order chi connectivity index (χ0) is 24.2. The zero-order valence-electron chi connectivity index (χ0n) is 20.5. The highest BCUT2D eigenvalue weighted by atomic mass is 32.1. The van der Waals surface area contributed by atoms with Crippen LogP contribution in [0.1, 0.15) is 46.3 Å². The summed E-state index contributed by atoms with van der Waals surface area (Å²) in [5.74, 6) is 1.05. The molecular formula is C28H33N5OS. The minimum Gasteiger partial charge on any atom is -0.354 e. The normalized spacial score (nSPS) is 14.9. The Kier molecular flexibility index (Phi) is 7.16. The monoisotopic (exact) mass is 487 g/mol. The molecule has 1 aliphatic rings. The minimum atomic E-state index is -0.00739. The van der Waals surface area contributed by atoms with Gasteiger partial charge in [0.1, 0.15) is 11.5 Å². The minimum absolute atomic E-state index is 0.00739. The van der Waals surface area contributed by atoms with Crippen molar-refractivity contribution in [2.45, 2.75) is 45.3 Å². The van der Waals surface area contributed by atoms with E-state index in [2.05, 4.69) is 81.3 Å². The number of hydrogen-bond acceptors (Lipinski definition) is 5. The van der Waals surface area contributed by atoms with Gasteiger partial charge in [-0.05, 0) is 48.4 Å². The van der Waals surface area contributed by atoms with Crippen LogP contribution in [0.15, 0.2) is 66.2 Å². The summed E-state index contributed by atoms with van der Waals surface area (Å²) in [6.07, 6.45) is 4.73. The number of carbonyl (C=O) groups excluding carboxylic acids is 1. The molecule has 182 valence electrons. The highest BCUT2D eigenvalue weighted by Gasteiger charge is 2.22. The molecule has 7 heteroatoms. The maximum absolute atomic E-state index is 13.2. The van der Waals surface area contributed by atoms with E-state index in [-0.39, 0.29) is 11.9 Å². The first-order valence-electron chi connectivity index (χ1n) is 12.4. The van der Waals surface area contributed by atoms with Gasteiger partial charge in [-0.15, -0.1) is 11.3 Å². The molecule has 0 radical (unpaired) electrons. The van der Waals surface area contributed by atoms with Gasteiger partial charge in [0, 0.05) is 43.8 Å². The highest BCUT2D eigenvalue weighted by molar-refractivity contribution is 7.09. The van der Waals surface area contributed by atoms with E-state index in [0.29, 0.717) is 5.56 Å². The third kappa shape index (κ3) is 5.41. The van der Waals surface area contributed by atoms with Crippen molar-refractivity contribution in [1.29, 1.82) is 0 Å². The van der Waals surface area contributed by atoms with Gasteiger partial charge in [-0.2, -0.15) is 0 Å². The SMILES string of the molecule is CCc1nc2ccc(C(=O)NC3CCN(Cc4ccccc4)CC3)cn2c1N(C)Cc1cccs1. The fourth-order valence-corrected chi connectivity index (χ4v) is 5.67. The number of likely N-dealkylation sites (tertiary alicyclic amines) is 1. The molecule has 1 amide bonds. The zero-order valence-corrected chi connectivity index (χ0v) is 21.3. The predicted octanol–water partition coefficient (Wildman–Crippen LogP) is 4.99. The van der Waals surface area contributed by atoms with E-state index in [1.807, 2.05) is 18.3 Å². The number of pyridine rings is 1. The largest absolute Gasteiger partial charge is 0.354 e. The van der Waals surface area contributed by atoms with Crippen molar-refractivity contribution in [2.24, 2.45) is 0 Å². The Balaban J connectivity index is 1.26. The standard InChI is InChI=1S/C28H33N5OS/c1-3-25-28(31(2)20-24-10-7-17-35-24)33-19-22(11-12-26(33)30-25)27(34)29-23-13-15-32(16-14-23)18-21-8-5-4-6-9-21/h4-12,17,19,23H,3,13-16,18,20H2,1-2H3,(H,29,34). The van der Waals surface area contributed by atoms with Gasteiger partial charge in [0.15, 0.2) is 0 Å². The van der Waals surface area contributed by atoms with Crippen LogP contribution in [-0.4, -0.2) is 46.4 Å². The lowest BCUT2D eigenvalue weighted by Gasteiger charge is -2.32. The molecule has 0 unspecified atom stereocenters. The number of nitrogens with zero attached hydrogens (tertiary/aromatic N) is 4. The second-order valence-corrected chi connectivity index (χ2v) is 10.4. The molecule has 0 atom stereocenters. The topological polar surface area (TPSA) is 52.9 Å². The van der Waals surface area contributed by atoms with Crippen LogP contribution < -0.4 is 10.2 Å². The molecule has 3 aromatic heterocycles. The number of nitrogens with one attached hydrogen (secondary N) is 1. The number of anilines is 1. The van der Waals surface area contributed by atoms with Crippen molar-refractivity contribution in [3.8, 4) is 0 Å². The Hall–Kier alpha value is -3.16. The number of rotatable bonds is 8. The number of hydrogen-bond donors (Lipinski definition) is 1. The summed E-state index contributed by atoms with van der Waals surface area (Å²) in [5, 5.41) is 5.38. The van der Waals surface area contributed by atoms with Gasteiger partial charge in [0.2, 0.25) is 0 Å². The molecule has 1 saturated heterocycles. The van der Waals surface area contributed by atoms with Crippen molar-refractivity contribution >= 4 is 28.7 Å². The first kappa shape index (κ1) is 23.6. The van der Waals surface area contributed by atoms with Crippen LogP contribution in [0.3, 0.4) is 0 Å². The van der Waals surface area contributed by atoms with Crippen LogP contribution in [0.4, 0.5) is 5.82 Å². The summed E-state index contributed by atoms with van der Waals surface area (Å²) in [7, 11) is 2.10. The van der Waals surface area contributed by atoms with E-state index in [0.717, 1.165) is 62.6 Å². The summed E-state index contributed by atoms with van der Waals surface area (Å²) < 4.78 is 2.07. The molecule has 0 saturated carbocycles. The van der Waals surface area contributed by atoms with Crippen molar-refractivity contribution in [1.82, 2.24) is 19.6 Å². The van der Waals surface area contributed by atoms with Gasteiger partial charge in [-0.1, -0.05) is 43.3 Å². The van der Waals surface area contributed by atoms with Crippen molar-refractivity contribution in [3.05, 3.63) is 87.9 Å². The molecule has 1 fully saturated rings. The number of carbonyl (C=O) groups is 1. The lowest BCUT2D eigenvalue weighted by atomic mass is 10.0. The molecule has 0 bridgehead atoms. The molecule has 35 heavy (non-hydrogen) atoms. The Labute approximate surface area is 211 Å². The molecule has 0 spiro atoms. The number of aromatic nitrogens is 2. The van der Waals surface area contributed by atoms with Crippen LogP contribution in [0.5, 0.6) is 0 Å². The number of fused-ring (bicyclic) bond motifs is 1. The number of thiophene rings is 1. The van der Waals surface area contributed by atoms with Crippen molar-refractivity contribution in [3.63, 3.8) is 0 Å².